The van der Waals surface area contributed by atoms with Crippen molar-refractivity contribution < 1.29 is 4.79 Å². The van der Waals surface area contributed by atoms with E-state index in [1.165, 1.54) is 0 Å². The van der Waals surface area contributed by atoms with Crippen LogP contribution in [0.4, 0.5) is 5.82 Å². The molecule has 4 heteroatoms. The number of fused-ring (bicyclic) bond motifs is 1. The predicted octanol–water partition coefficient (Wildman–Crippen LogP) is 3.12. The molecule has 0 unspecified atom stereocenters. The SMILES string of the molecule is Cc1cccc(NC(=O)c2ccc3cc[nH]c3c2)n1. The van der Waals surface area contributed by atoms with E-state index < -0.39 is 0 Å². The van der Waals surface area contributed by atoms with Gasteiger partial charge in [0.2, 0.25) is 0 Å². The molecular weight excluding hydrogens is 238 g/mol. The molecular formula is C15H13N3O. The smallest absolute Gasteiger partial charge is 0.256 e. The van der Waals surface area contributed by atoms with Gasteiger partial charge in [0.15, 0.2) is 0 Å². The lowest BCUT2D eigenvalue weighted by Gasteiger charge is -2.05. The van der Waals surface area contributed by atoms with Crippen LogP contribution in [0.25, 0.3) is 10.9 Å². The van der Waals surface area contributed by atoms with E-state index in [2.05, 4.69) is 15.3 Å². The van der Waals surface area contributed by atoms with Gasteiger partial charge in [-0.1, -0.05) is 12.1 Å². The maximum Gasteiger partial charge on any atom is 0.256 e. The fourth-order valence-electron chi connectivity index (χ4n) is 1.99. The third-order valence-electron chi connectivity index (χ3n) is 2.95. The highest BCUT2D eigenvalue weighted by atomic mass is 16.1. The summed E-state index contributed by atoms with van der Waals surface area (Å²) < 4.78 is 0. The van der Waals surface area contributed by atoms with Crippen LogP contribution in [-0.2, 0) is 0 Å². The summed E-state index contributed by atoms with van der Waals surface area (Å²) >= 11 is 0. The summed E-state index contributed by atoms with van der Waals surface area (Å²) in [6, 6.07) is 13.1. The minimum atomic E-state index is -0.158. The minimum Gasteiger partial charge on any atom is -0.361 e. The van der Waals surface area contributed by atoms with Gasteiger partial charge in [0, 0.05) is 23.0 Å². The van der Waals surface area contributed by atoms with Gasteiger partial charge in [0.1, 0.15) is 5.82 Å². The molecule has 19 heavy (non-hydrogen) atoms. The molecule has 0 bridgehead atoms. The van der Waals surface area contributed by atoms with Gasteiger partial charge in [-0.15, -0.1) is 0 Å². The predicted molar refractivity (Wildman–Crippen MR) is 75.2 cm³/mol. The topological polar surface area (TPSA) is 57.8 Å². The Morgan fingerprint density at radius 3 is 2.95 bits per heavy atom. The number of nitrogens with one attached hydrogen (secondary N) is 2. The first-order valence-electron chi connectivity index (χ1n) is 6.04. The van der Waals surface area contributed by atoms with Crippen LogP contribution in [0.3, 0.4) is 0 Å². The fourth-order valence-corrected chi connectivity index (χ4v) is 1.99. The normalized spacial score (nSPS) is 10.6. The number of H-pyrrole nitrogens is 1. The van der Waals surface area contributed by atoms with Crippen molar-refractivity contribution in [2.45, 2.75) is 6.92 Å². The van der Waals surface area contributed by atoms with Crippen LogP contribution < -0.4 is 5.32 Å². The Morgan fingerprint density at radius 2 is 2.11 bits per heavy atom. The Balaban J connectivity index is 1.87. The molecule has 0 saturated carbocycles. The number of benzene rings is 1. The molecule has 94 valence electrons. The zero-order valence-electron chi connectivity index (χ0n) is 10.5. The molecule has 1 aromatic carbocycles. The largest absolute Gasteiger partial charge is 0.361 e. The number of hydrogen-bond donors (Lipinski definition) is 2. The molecule has 1 amide bonds. The molecule has 0 radical (unpaired) electrons. The van der Waals surface area contributed by atoms with Crippen LogP contribution in [0.1, 0.15) is 16.1 Å². The Morgan fingerprint density at radius 1 is 1.21 bits per heavy atom. The van der Waals surface area contributed by atoms with Crippen molar-refractivity contribution in [3.8, 4) is 0 Å². The van der Waals surface area contributed by atoms with E-state index in [0.717, 1.165) is 16.6 Å². The Labute approximate surface area is 110 Å². The summed E-state index contributed by atoms with van der Waals surface area (Å²) in [6.45, 7) is 1.89. The highest BCUT2D eigenvalue weighted by Gasteiger charge is 2.07. The molecule has 0 aliphatic rings. The second-order valence-electron chi connectivity index (χ2n) is 4.40. The van der Waals surface area contributed by atoms with Crippen molar-refractivity contribution in [2.24, 2.45) is 0 Å². The average Bonchev–Trinajstić information content (AvgIpc) is 2.85. The maximum absolute atomic E-state index is 12.1. The standard InChI is InChI=1S/C15H13N3O/c1-10-3-2-4-14(17-10)18-15(19)12-6-5-11-7-8-16-13(11)9-12/h2-9,16H,1H3,(H,17,18,19). The highest BCUT2D eigenvalue weighted by Crippen LogP contribution is 2.15. The lowest BCUT2D eigenvalue weighted by molar-refractivity contribution is 0.102. The molecule has 3 rings (SSSR count). The van der Waals surface area contributed by atoms with E-state index in [9.17, 15) is 4.79 Å². The van der Waals surface area contributed by atoms with E-state index >= 15 is 0 Å². The van der Waals surface area contributed by atoms with Crippen LogP contribution in [-0.4, -0.2) is 15.9 Å². The molecule has 2 N–H and O–H groups in total. The molecule has 0 fully saturated rings. The van der Waals surface area contributed by atoms with E-state index in [4.69, 9.17) is 0 Å². The van der Waals surface area contributed by atoms with E-state index in [0.29, 0.717) is 11.4 Å². The van der Waals surface area contributed by atoms with Gasteiger partial charge in [-0.3, -0.25) is 4.79 Å². The van der Waals surface area contributed by atoms with Crippen LogP contribution in [0.5, 0.6) is 0 Å². The second-order valence-corrected chi connectivity index (χ2v) is 4.40. The van der Waals surface area contributed by atoms with E-state index in [1.54, 1.807) is 12.1 Å². The third-order valence-corrected chi connectivity index (χ3v) is 2.95. The molecule has 4 nitrogen and oxygen atoms in total. The number of aromatic amines is 1. The summed E-state index contributed by atoms with van der Waals surface area (Å²) in [7, 11) is 0. The summed E-state index contributed by atoms with van der Waals surface area (Å²) in [5.74, 6) is 0.409. The molecule has 0 aliphatic carbocycles. The average molecular weight is 251 g/mol. The molecule has 0 spiro atoms. The molecule has 2 heterocycles. The molecule has 2 aromatic heterocycles. The zero-order chi connectivity index (χ0) is 13.2. The Kier molecular flexibility index (Phi) is 2.76. The summed E-state index contributed by atoms with van der Waals surface area (Å²) in [5.41, 5.74) is 2.43. The van der Waals surface area contributed by atoms with Crippen LogP contribution in [0.15, 0.2) is 48.7 Å². The van der Waals surface area contributed by atoms with Crippen molar-refractivity contribution in [1.29, 1.82) is 0 Å². The van der Waals surface area contributed by atoms with Gasteiger partial charge in [-0.05, 0) is 42.6 Å². The van der Waals surface area contributed by atoms with Crippen molar-refractivity contribution in [1.82, 2.24) is 9.97 Å². The fraction of sp³-hybridized carbons (Fsp3) is 0.0667. The first kappa shape index (κ1) is 11.5. The van der Waals surface area contributed by atoms with Gasteiger partial charge in [0.25, 0.3) is 5.91 Å². The number of anilines is 1. The number of aryl methyl sites for hydroxylation is 1. The molecule has 3 aromatic rings. The number of rotatable bonds is 2. The van der Waals surface area contributed by atoms with Gasteiger partial charge in [-0.2, -0.15) is 0 Å². The van der Waals surface area contributed by atoms with Gasteiger partial charge < -0.3 is 10.3 Å². The Bertz CT molecular complexity index is 746. The zero-order valence-corrected chi connectivity index (χ0v) is 10.5. The molecule has 0 saturated heterocycles. The van der Waals surface area contributed by atoms with Gasteiger partial charge in [0.05, 0.1) is 0 Å². The number of hydrogen-bond acceptors (Lipinski definition) is 2. The van der Waals surface area contributed by atoms with Crippen LogP contribution >= 0.6 is 0 Å². The van der Waals surface area contributed by atoms with Crippen molar-refractivity contribution in [3.63, 3.8) is 0 Å². The summed E-state index contributed by atoms with van der Waals surface area (Å²) in [5, 5.41) is 3.88. The summed E-state index contributed by atoms with van der Waals surface area (Å²) in [6.07, 6.45) is 1.86. The first-order valence-corrected chi connectivity index (χ1v) is 6.04. The quantitative estimate of drug-likeness (QED) is 0.735. The summed E-state index contributed by atoms with van der Waals surface area (Å²) in [4.78, 5) is 19.5. The number of carbonyl (C=O) groups excluding carboxylic acids is 1. The van der Waals surface area contributed by atoms with Gasteiger partial charge >= 0.3 is 0 Å². The maximum atomic E-state index is 12.1. The highest BCUT2D eigenvalue weighted by molar-refractivity contribution is 6.05. The number of nitrogens with zero attached hydrogens (tertiary/aromatic N) is 1. The van der Waals surface area contributed by atoms with Gasteiger partial charge in [-0.25, -0.2) is 4.98 Å². The number of carbonyl (C=O) groups is 1. The Hall–Kier alpha value is -2.62. The van der Waals surface area contributed by atoms with Crippen molar-refractivity contribution >= 4 is 22.6 Å². The lowest BCUT2D eigenvalue weighted by atomic mass is 10.1. The number of aromatic nitrogens is 2. The van der Waals surface area contributed by atoms with Crippen molar-refractivity contribution in [3.05, 3.63) is 59.9 Å². The van der Waals surface area contributed by atoms with Crippen LogP contribution in [0, 0.1) is 6.92 Å². The third kappa shape index (κ3) is 2.33. The van der Waals surface area contributed by atoms with E-state index in [-0.39, 0.29) is 5.91 Å². The monoisotopic (exact) mass is 251 g/mol. The molecule has 0 aliphatic heterocycles. The number of amides is 1. The first-order chi connectivity index (χ1) is 9.22. The van der Waals surface area contributed by atoms with E-state index in [1.807, 2.05) is 43.5 Å². The minimum absolute atomic E-state index is 0.158. The van der Waals surface area contributed by atoms with Crippen LogP contribution in [0.2, 0.25) is 0 Å². The lowest BCUT2D eigenvalue weighted by Crippen LogP contribution is -2.13. The van der Waals surface area contributed by atoms with Crippen molar-refractivity contribution in [2.75, 3.05) is 5.32 Å². The molecule has 0 atom stereocenters. The second kappa shape index (κ2) is 4.57. The number of pyridine rings is 1.